The molecule has 98 valence electrons. The number of ketones is 1. The zero-order valence-corrected chi connectivity index (χ0v) is 10.7. The molecule has 0 fully saturated rings. The summed E-state index contributed by atoms with van der Waals surface area (Å²) in [6.45, 7) is 5.31. The van der Waals surface area contributed by atoms with E-state index in [1.54, 1.807) is 19.1 Å². The number of benzene rings is 1. The second-order valence-electron chi connectivity index (χ2n) is 3.62. The number of amides is 1. The van der Waals surface area contributed by atoms with Crippen LogP contribution in [-0.4, -0.2) is 29.3 Å². The van der Waals surface area contributed by atoms with Crippen molar-refractivity contribution >= 4 is 17.7 Å². The number of carbonyl (C=O) groups is 3. The Labute approximate surface area is 106 Å². The topological polar surface area (TPSA) is 83.5 Å². The lowest BCUT2D eigenvalue weighted by atomic mass is 10.1. The standard InChI is InChI=1S/C10H11NO3.C3H6O/c1-2-11-9(12)7-5-3-4-6-8(7)10(13)14;1-3(2)4/h3-6H,2H2,1H3,(H,11,12)(H,13,14);1-2H3. The van der Waals surface area contributed by atoms with Crippen LogP contribution >= 0.6 is 0 Å². The summed E-state index contributed by atoms with van der Waals surface area (Å²) in [5.74, 6) is -1.28. The number of carboxylic acids is 1. The molecular weight excluding hydrogens is 234 g/mol. The van der Waals surface area contributed by atoms with Crippen LogP contribution in [0.3, 0.4) is 0 Å². The van der Waals surface area contributed by atoms with E-state index in [1.807, 2.05) is 0 Å². The minimum absolute atomic E-state index is 0.0263. The molecule has 0 aromatic heterocycles. The average molecular weight is 251 g/mol. The van der Waals surface area contributed by atoms with E-state index in [0.29, 0.717) is 6.54 Å². The molecule has 0 unspecified atom stereocenters. The van der Waals surface area contributed by atoms with Gasteiger partial charge < -0.3 is 15.2 Å². The van der Waals surface area contributed by atoms with E-state index in [4.69, 9.17) is 5.11 Å². The van der Waals surface area contributed by atoms with E-state index in [1.165, 1.54) is 26.0 Å². The third kappa shape index (κ3) is 5.79. The number of hydrogen-bond donors (Lipinski definition) is 2. The molecule has 1 rings (SSSR count). The molecule has 1 amide bonds. The molecular formula is C13H17NO4. The first-order valence-corrected chi connectivity index (χ1v) is 5.47. The molecule has 0 saturated heterocycles. The van der Waals surface area contributed by atoms with Crippen molar-refractivity contribution in [3.63, 3.8) is 0 Å². The van der Waals surface area contributed by atoms with Crippen molar-refractivity contribution in [2.45, 2.75) is 20.8 Å². The minimum atomic E-state index is -1.09. The van der Waals surface area contributed by atoms with E-state index in [2.05, 4.69) is 5.32 Å². The molecule has 2 N–H and O–H groups in total. The van der Waals surface area contributed by atoms with Crippen molar-refractivity contribution in [3.8, 4) is 0 Å². The monoisotopic (exact) mass is 251 g/mol. The van der Waals surface area contributed by atoms with Gasteiger partial charge in [-0.15, -0.1) is 0 Å². The lowest BCUT2D eigenvalue weighted by Gasteiger charge is -2.04. The molecule has 0 aliphatic heterocycles. The van der Waals surface area contributed by atoms with Crippen molar-refractivity contribution < 1.29 is 19.5 Å². The lowest BCUT2D eigenvalue weighted by molar-refractivity contribution is -0.115. The van der Waals surface area contributed by atoms with Crippen molar-refractivity contribution in [1.82, 2.24) is 5.32 Å². The van der Waals surface area contributed by atoms with Crippen molar-refractivity contribution in [1.29, 1.82) is 0 Å². The molecule has 0 atom stereocenters. The fourth-order valence-corrected chi connectivity index (χ4v) is 1.12. The molecule has 0 radical (unpaired) electrons. The summed E-state index contributed by atoms with van der Waals surface area (Å²) in [4.78, 5) is 31.6. The summed E-state index contributed by atoms with van der Waals surface area (Å²) in [6.07, 6.45) is 0. The van der Waals surface area contributed by atoms with Gasteiger partial charge in [0.1, 0.15) is 5.78 Å². The first-order chi connectivity index (χ1) is 8.40. The van der Waals surface area contributed by atoms with Crippen LogP contribution in [0.4, 0.5) is 0 Å². The van der Waals surface area contributed by atoms with Crippen molar-refractivity contribution in [2.75, 3.05) is 6.54 Å². The number of carbonyl (C=O) groups excluding carboxylic acids is 2. The van der Waals surface area contributed by atoms with Crippen molar-refractivity contribution in [2.24, 2.45) is 0 Å². The molecule has 5 heteroatoms. The minimum Gasteiger partial charge on any atom is -0.478 e. The number of aromatic carboxylic acids is 1. The van der Waals surface area contributed by atoms with Gasteiger partial charge in [0.25, 0.3) is 5.91 Å². The number of nitrogens with one attached hydrogen (secondary N) is 1. The Morgan fingerprint density at radius 1 is 1.11 bits per heavy atom. The predicted octanol–water partition coefficient (Wildman–Crippen LogP) is 1.73. The van der Waals surface area contributed by atoms with Gasteiger partial charge in [0.2, 0.25) is 0 Å². The molecule has 1 aromatic carbocycles. The zero-order chi connectivity index (χ0) is 14.1. The zero-order valence-electron chi connectivity index (χ0n) is 10.7. The number of rotatable bonds is 3. The predicted molar refractivity (Wildman–Crippen MR) is 67.8 cm³/mol. The van der Waals surface area contributed by atoms with Crippen LogP contribution in [0.2, 0.25) is 0 Å². The summed E-state index contributed by atoms with van der Waals surface area (Å²) >= 11 is 0. The highest BCUT2D eigenvalue weighted by Crippen LogP contribution is 2.08. The average Bonchev–Trinajstić information content (AvgIpc) is 2.28. The van der Waals surface area contributed by atoms with E-state index in [-0.39, 0.29) is 22.8 Å². The van der Waals surface area contributed by atoms with Gasteiger partial charge in [0, 0.05) is 6.54 Å². The molecule has 0 aliphatic carbocycles. The van der Waals surface area contributed by atoms with Gasteiger partial charge in [-0.2, -0.15) is 0 Å². The first-order valence-electron chi connectivity index (χ1n) is 5.47. The van der Waals surface area contributed by atoms with Gasteiger partial charge in [0.05, 0.1) is 11.1 Å². The summed E-state index contributed by atoms with van der Waals surface area (Å²) in [7, 11) is 0. The fraction of sp³-hybridized carbons (Fsp3) is 0.308. The summed E-state index contributed by atoms with van der Waals surface area (Å²) in [5, 5.41) is 11.4. The number of hydrogen-bond acceptors (Lipinski definition) is 3. The third-order valence-corrected chi connectivity index (χ3v) is 1.74. The third-order valence-electron chi connectivity index (χ3n) is 1.74. The molecule has 0 spiro atoms. The van der Waals surface area contributed by atoms with Crippen LogP contribution in [0.15, 0.2) is 24.3 Å². The second-order valence-corrected chi connectivity index (χ2v) is 3.62. The quantitative estimate of drug-likeness (QED) is 0.856. The Hall–Kier alpha value is -2.17. The van der Waals surface area contributed by atoms with Crippen LogP contribution in [0.5, 0.6) is 0 Å². The Balaban J connectivity index is 0.000000631. The maximum Gasteiger partial charge on any atom is 0.336 e. The van der Waals surface area contributed by atoms with E-state index in [9.17, 15) is 14.4 Å². The molecule has 0 saturated carbocycles. The van der Waals surface area contributed by atoms with Gasteiger partial charge in [-0.1, -0.05) is 12.1 Å². The Morgan fingerprint density at radius 3 is 1.94 bits per heavy atom. The van der Waals surface area contributed by atoms with Crippen LogP contribution in [0.25, 0.3) is 0 Å². The molecule has 18 heavy (non-hydrogen) atoms. The highest BCUT2D eigenvalue weighted by Gasteiger charge is 2.14. The van der Waals surface area contributed by atoms with Gasteiger partial charge in [-0.25, -0.2) is 4.79 Å². The van der Waals surface area contributed by atoms with E-state index in [0.717, 1.165) is 0 Å². The molecule has 0 aliphatic rings. The van der Waals surface area contributed by atoms with Crippen LogP contribution in [0, 0.1) is 0 Å². The molecule has 0 bridgehead atoms. The first kappa shape index (κ1) is 15.8. The van der Waals surface area contributed by atoms with Gasteiger partial charge in [-0.05, 0) is 32.9 Å². The maximum absolute atomic E-state index is 11.4. The second kappa shape index (κ2) is 8.00. The van der Waals surface area contributed by atoms with Gasteiger partial charge in [0.15, 0.2) is 0 Å². The molecule has 1 aromatic rings. The Bertz CT molecular complexity index is 436. The molecule has 0 heterocycles. The molecule has 5 nitrogen and oxygen atoms in total. The smallest absolute Gasteiger partial charge is 0.336 e. The Kier molecular flexibility index (Phi) is 7.04. The van der Waals surface area contributed by atoms with Crippen LogP contribution < -0.4 is 5.32 Å². The van der Waals surface area contributed by atoms with Crippen molar-refractivity contribution in [3.05, 3.63) is 35.4 Å². The normalized spacial score (nSPS) is 8.83. The largest absolute Gasteiger partial charge is 0.478 e. The summed E-state index contributed by atoms with van der Waals surface area (Å²) < 4.78 is 0. The number of Topliss-reactive ketones (excluding diaryl/α,β-unsaturated/α-hetero) is 1. The SMILES string of the molecule is CC(C)=O.CCNC(=O)c1ccccc1C(=O)O. The van der Waals surface area contributed by atoms with Gasteiger partial charge >= 0.3 is 5.97 Å². The van der Waals surface area contributed by atoms with Gasteiger partial charge in [-0.3, -0.25) is 4.79 Å². The number of carboxylic acid groups (broad SMARTS) is 1. The maximum atomic E-state index is 11.4. The van der Waals surface area contributed by atoms with E-state index >= 15 is 0 Å². The highest BCUT2D eigenvalue weighted by molar-refractivity contribution is 6.04. The summed E-state index contributed by atoms with van der Waals surface area (Å²) in [6, 6.07) is 6.13. The van der Waals surface area contributed by atoms with Crippen LogP contribution in [-0.2, 0) is 4.79 Å². The van der Waals surface area contributed by atoms with E-state index < -0.39 is 5.97 Å². The fourth-order valence-electron chi connectivity index (χ4n) is 1.12. The highest BCUT2D eigenvalue weighted by atomic mass is 16.4. The lowest BCUT2D eigenvalue weighted by Crippen LogP contribution is -2.24. The Morgan fingerprint density at radius 2 is 1.56 bits per heavy atom. The van der Waals surface area contributed by atoms with Crippen LogP contribution in [0.1, 0.15) is 41.5 Å². The summed E-state index contributed by atoms with van der Waals surface area (Å²) in [5.41, 5.74) is 0.223.